The van der Waals surface area contributed by atoms with Crippen LogP contribution in [0.15, 0.2) is 0 Å². The molecule has 1 rings (SSSR count). The Kier molecular flexibility index (Phi) is 8.78. The number of rotatable bonds is 11. The molecular weight excluding hydrogens is 270 g/mol. The fourth-order valence-corrected chi connectivity index (χ4v) is 5.09. The highest BCUT2D eigenvalue weighted by molar-refractivity contribution is 7.91. The largest absolute Gasteiger partial charge is 0.316 e. The molecule has 0 bridgehead atoms. The summed E-state index contributed by atoms with van der Waals surface area (Å²) in [5.41, 5.74) is 0. The first-order valence-corrected chi connectivity index (χ1v) is 10.3. The van der Waals surface area contributed by atoms with Gasteiger partial charge in [0.25, 0.3) is 0 Å². The van der Waals surface area contributed by atoms with Gasteiger partial charge in [0.2, 0.25) is 0 Å². The maximum atomic E-state index is 11.7. The van der Waals surface area contributed by atoms with Crippen LogP contribution in [0.1, 0.15) is 65.2 Å². The summed E-state index contributed by atoms with van der Waals surface area (Å²) in [5.74, 6) is 1.80. The third-order valence-corrected chi connectivity index (χ3v) is 6.24. The first-order valence-electron chi connectivity index (χ1n) is 8.50. The molecule has 2 unspecified atom stereocenters. The average molecular weight is 304 g/mol. The molecule has 0 aromatic heterocycles. The SMILES string of the molecule is CCCCCCCC(CNCCC)C1CCS(=O)(=O)C1. The van der Waals surface area contributed by atoms with Crippen molar-refractivity contribution in [3.8, 4) is 0 Å². The molecule has 2 atom stereocenters. The van der Waals surface area contributed by atoms with Gasteiger partial charge in [0.1, 0.15) is 0 Å². The van der Waals surface area contributed by atoms with Gasteiger partial charge in [-0.15, -0.1) is 0 Å². The van der Waals surface area contributed by atoms with E-state index in [-0.39, 0.29) is 0 Å². The zero-order valence-electron chi connectivity index (χ0n) is 13.4. The molecule has 0 aliphatic carbocycles. The van der Waals surface area contributed by atoms with Gasteiger partial charge in [0.05, 0.1) is 11.5 Å². The van der Waals surface area contributed by atoms with Crippen molar-refractivity contribution in [1.29, 1.82) is 0 Å². The Labute approximate surface area is 125 Å². The first-order chi connectivity index (χ1) is 9.59. The van der Waals surface area contributed by atoms with Gasteiger partial charge in [-0.1, -0.05) is 46.0 Å². The zero-order valence-corrected chi connectivity index (χ0v) is 14.2. The lowest BCUT2D eigenvalue weighted by Crippen LogP contribution is -2.29. The van der Waals surface area contributed by atoms with Crippen LogP contribution in [0.3, 0.4) is 0 Å². The van der Waals surface area contributed by atoms with E-state index in [2.05, 4.69) is 19.2 Å². The average Bonchev–Trinajstić information content (AvgIpc) is 2.77. The number of hydrogen-bond acceptors (Lipinski definition) is 3. The second kappa shape index (κ2) is 9.78. The molecule has 20 heavy (non-hydrogen) atoms. The standard InChI is InChI=1S/C16H33NO2S/c1-3-5-6-7-8-9-15(13-17-11-4-2)16-10-12-20(18,19)14-16/h15-17H,3-14H2,1-2H3. The van der Waals surface area contributed by atoms with Gasteiger partial charge in [-0.2, -0.15) is 0 Å². The van der Waals surface area contributed by atoms with E-state index in [9.17, 15) is 8.42 Å². The maximum absolute atomic E-state index is 11.7. The van der Waals surface area contributed by atoms with E-state index in [1.54, 1.807) is 0 Å². The van der Waals surface area contributed by atoms with Gasteiger partial charge in [-0.25, -0.2) is 8.42 Å². The highest BCUT2D eigenvalue weighted by Gasteiger charge is 2.32. The van der Waals surface area contributed by atoms with Crippen molar-refractivity contribution in [2.24, 2.45) is 11.8 Å². The third-order valence-electron chi connectivity index (χ3n) is 4.45. The highest BCUT2D eigenvalue weighted by Crippen LogP contribution is 2.29. The minimum atomic E-state index is -2.74. The van der Waals surface area contributed by atoms with Crippen molar-refractivity contribution in [1.82, 2.24) is 5.32 Å². The summed E-state index contributed by atoms with van der Waals surface area (Å²) in [5, 5.41) is 3.50. The van der Waals surface area contributed by atoms with Crippen LogP contribution in [-0.4, -0.2) is 33.0 Å². The predicted octanol–water partition coefficient (Wildman–Crippen LogP) is 3.40. The van der Waals surface area contributed by atoms with E-state index in [1.165, 1.54) is 38.5 Å². The molecule has 0 spiro atoms. The van der Waals surface area contributed by atoms with Gasteiger partial charge in [-0.05, 0) is 44.2 Å². The molecule has 0 aromatic carbocycles. The summed E-state index contributed by atoms with van der Waals surface area (Å²) in [6, 6.07) is 0. The van der Waals surface area contributed by atoms with Crippen LogP contribution >= 0.6 is 0 Å². The Morgan fingerprint density at radius 2 is 1.85 bits per heavy atom. The molecule has 1 aliphatic heterocycles. The molecule has 0 saturated carbocycles. The van der Waals surface area contributed by atoms with E-state index in [1.807, 2.05) is 0 Å². The Balaban J connectivity index is 2.35. The van der Waals surface area contributed by atoms with Crippen LogP contribution in [-0.2, 0) is 9.84 Å². The monoisotopic (exact) mass is 303 g/mol. The van der Waals surface area contributed by atoms with E-state index in [4.69, 9.17) is 0 Å². The highest BCUT2D eigenvalue weighted by atomic mass is 32.2. The summed E-state index contributed by atoms with van der Waals surface area (Å²) in [6.45, 7) is 6.46. The van der Waals surface area contributed by atoms with Crippen LogP contribution in [0.4, 0.5) is 0 Å². The van der Waals surface area contributed by atoms with Crippen molar-refractivity contribution in [3.63, 3.8) is 0 Å². The fourth-order valence-electron chi connectivity index (χ4n) is 3.17. The van der Waals surface area contributed by atoms with Crippen molar-refractivity contribution in [2.45, 2.75) is 65.2 Å². The Hall–Kier alpha value is -0.0900. The van der Waals surface area contributed by atoms with Gasteiger partial charge in [0, 0.05) is 0 Å². The number of unbranched alkanes of at least 4 members (excludes halogenated alkanes) is 4. The molecule has 0 aromatic rings. The topological polar surface area (TPSA) is 46.2 Å². The normalized spacial score (nSPS) is 23.0. The molecule has 0 radical (unpaired) electrons. The van der Waals surface area contributed by atoms with Gasteiger partial charge >= 0.3 is 0 Å². The van der Waals surface area contributed by atoms with Gasteiger partial charge in [0.15, 0.2) is 9.84 Å². The summed E-state index contributed by atoms with van der Waals surface area (Å²) >= 11 is 0. The lowest BCUT2D eigenvalue weighted by Gasteiger charge is -2.23. The number of hydrogen-bond donors (Lipinski definition) is 1. The van der Waals surface area contributed by atoms with E-state index >= 15 is 0 Å². The number of sulfone groups is 1. The molecule has 1 saturated heterocycles. The van der Waals surface area contributed by atoms with Gasteiger partial charge in [-0.3, -0.25) is 0 Å². The van der Waals surface area contributed by atoms with Crippen LogP contribution in [0.25, 0.3) is 0 Å². The predicted molar refractivity (Wildman–Crippen MR) is 86.8 cm³/mol. The molecule has 0 amide bonds. The van der Waals surface area contributed by atoms with Crippen LogP contribution in [0, 0.1) is 11.8 Å². The van der Waals surface area contributed by atoms with Crippen molar-refractivity contribution in [2.75, 3.05) is 24.6 Å². The minimum Gasteiger partial charge on any atom is -0.316 e. The second-order valence-electron chi connectivity index (χ2n) is 6.33. The quantitative estimate of drug-likeness (QED) is 0.595. The van der Waals surface area contributed by atoms with Gasteiger partial charge < -0.3 is 5.32 Å². The molecule has 1 fully saturated rings. The molecular formula is C16H33NO2S. The van der Waals surface area contributed by atoms with E-state index in [0.717, 1.165) is 25.9 Å². The Morgan fingerprint density at radius 1 is 1.10 bits per heavy atom. The Morgan fingerprint density at radius 3 is 2.45 bits per heavy atom. The molecule has 1 heterocycles. The van der Waals surface area contributed by atoms with E-state index < -0.39 is 9.84 Å². The molecule has 1 N–H and O–H groups in total. The smallest absolute Gasteiger partial charge is 0.150 e. The minimum absolute atomic E-state index is 0.399. The van der Waals surface area contributed by atoms with Crippen LogP contribution in [0.5, 0.6) is 0 Å². The first kappa shape index (κ1) is 18.0. The Bertz CT molecular complexity index is 340. The van der Waals surface area contributed by atoms with Crippen LogP contribution < -0.4 is 5.32 Å². The third kappa shape index (κ3) is 7.07. The zero-order chi connectivity index (χ0) is 14.8. The van der Waals surface area contributed by atoms with Crippen LogP contribution in [0.2, 0.25) is 0 Å². The lowest BCUT2D eigenvalue weighted by molar-refractivity contribution is 0.315. The summed E-state index contributed by atoms with van der Waals surface area (Å²) < 4.78 is 23.3. The molecule has 1 aliphatic rings. The summed E-state index contributed by atoms with van der Waals surface area (Å²) in [4.78, 5) is 0. The molecule has 120 valence electrons. The summed E-state index contributed by atoms with van der Waals surface area (Å²) in [7, 11) is -2.74. The summed E-state index contributed by atoms with van der Waals surface area (Å²) in [6.07, 6.45) is 9.72. The maximum Gasteiger partial charge on any atom is 0.150 e. The fraction of sp³-hybridized carbons (Fsp3) is 1.00. The van der Waals surface area contributed by atoms with Crippen molar-refractivity contribution >= 4 is 9.84 Å². The van der Waals surface area contributed by atoms with E-state index in [0.29, 0.717) is 23.3 Å². The number of nitrogens with one attached hydrogen (secondary N) is 1. The van der Waals surface area contributed by atoms with Crippen molar-refractivity contribution in [3.05, 3.63) is 0 Å². The molecule has 4 heteroatoms. The molecule has 3 nitrogen and oxygen atoms in total. The lowest BCUT2D eigenvalue weighted by atomic mass is 9.87. The second-order valence-corrected chi connectivity index (χ2v) is 8.56. The van der Waals surface area contributed by atoms with Crippen molar-refractivity contribution < 1.29 is 8.42 Å².